The molecular formula is C18H20F3N3O5S. The lowest BCUT2D eigenvalue weighted by Crippen LogP contribution is -2.36. The fraction of sp³-hybridized carbons (Fsp3) is 0.500. The van der Waals surface area contributed by atoms with Gasteiger partial charge in [-0.3, -0.25) is 9.69 Å². The number of furan rings is 1. The first-order chi connectivity index (χ1) is 14.2. The normalized spacial score (nSPS) is 23.5. The van der Waals surface area contributed by atoms with E-state index in [-0.39, 0.29) is 23.8 Å². The summed E-state index contributed by atoms with van der Waals surface area (Å²) in [6, 6.07) is 3.68. The van der Waals surface area contributed by atoms with Gasteiger partial charge in [-0.2, -0.15) is 13.2 Å². The molecular weight excluding hydrogens is 427 g/mol. The first-order valence-corrected chi connectivity index (χ1v) is 9.94. The number of carboxylic acid groups (broad SMARTS) is 1. The Balaban J connectivity index is 0.000000318. The van der Waals surface area contributed by atoms with E-state index in [9.17, 15) is 18.0 Å². The number of aromatic nitrogens is 1. The lowest BCUT2D eigenvalue weighted by molar-refractivity contribution is -0.192. The van der Waals surface area contributed by atoms with E-state index in [1.165, 1.54) is 0 Å². The molecule has 0 spiro atoms. The molecule has 2 fully saturated rings. The smallest absolute Gasteiger partial charge is 0.475 e. The molecule has 2 aromatic rings. The molecule has 4 heterocycles. The number of fused-ring (bicyclic) bond motifs is 1. The van der Waals surface area contributed by atoms with E-state index in [2.05, 4.69) is 15.2 Å². The number of aliphatic carboxylic acids is 1. The van der Waals surface area contributed by atoms with Gasteiger partial charge in [0.1, 0.15) is 10.8 Å². The van der Waals surface area contributed by atoms with E-state index >= 15 is 0 Å². The molecule has 164 valence electrons. The number of carbonyl (C=O) groups excluding carboxylic acids is 1. The number of amides is 1. The Kier molecular flexibility index (Phi) is 7.10. The SMILES string of the molecule is O=C(NCc1ccco1)[C@H]1CO[C@@H]2CN(Cc3nccs3)C[C@H]12.O=C(O)C(F)(F)F. The second-order valence-electron chi connectivity index (χ2n) is 6.86. The number of nitrogens with zero attached hydrogens (tertiary/aromatic N) is 2. The predicted octanol–water partition coefficient (Wildman–Crippen LogP) is 2.13. The van der Waals surface area contributed by atoms with Crippen LogP contribution in [0.15, 0.2) is 34.4 Å². The number of ether oxygens (including phenoxy) is 1. The number of hydrogen-bond donors (Lipinski definition) is 2. The summed E-state index contributed by atoms with van der Waals surface area (Å²) in [5.41, 5.74) is 0. The summed E-state index contributed by atoms with van der Waals surface area (Å²) in [7, 11) is 0. The van der Waals surface area contributed by atoms with Crippen molar-refractivity contribution in [3.63, 3.8) is 0 Å². The molecule has 2 N–H and O–H groups in total. The van der Waals surface area contributed by atoms with Crippen LogP contribution in [-0.4, -0.2) is 58.8 Å². The summed E-state index contributed by atoms with van der Waals surface area (Å²) in [5.74, 6) is -1.73. The fourth-order valence-corrected chi connectivity index (χ4v) is 4.09. The number of likely N-dealkylation sites (tertiary alicyclic amines) is 1. The van der Waals surface area contributed by atoms with Gasteiger partial charge < -0.3 is 19.6 Å². The van der Waals surface area contributed by atoms with E-state index in [0.29, 0.717) is 13.2 Å². The van der Waals surface area contributed by atoms with Crippen LogP contribution in [-0.2, 0) is 27.4 Å². The topological polar surface area (TPSA) is 105 Å². The predicted molar refractivity (Wildman–Crippen MR) is 98.4 cm³/mol. The van der Waals surface area contributed by atoms with Gasteiger partial charge in [-0.1, -0.05) is 0 Å². The van der Waals surface area contributed by atoms with E-state index in [0.717, 1.165) is 30.4 Å². The summed E-state index contributed by atoms with van der Waals surface area (Å²) in [6.45, 7) is 3.57. The third kappa shape index (κ3) is 5.80. The van der Waals surface area contributed by atoms with Gasteiger partial charge in [0.05, 0.1) is 38.0 Å². The maximum absolute atomic E-state index is 12.4. The third-order valence-electron chi connectivity index (χ3n) is 4.83. The van der Waals surface area contributed by atoms with Gasteiger partial charge in [0.25, 0.3) is 0 Å². The number of rotatable bonds is 5. The Morgan fingerprint density at radius 3 is 2.73 bits per heavy atom. The van der Waals surface area contributed by atoms with Crippen LogP contribution in [0.25, 0.3) is 0 Å². The Bertz CT molecular complexity index is 829. The lowest BCUT2D eigenvalue weighted by Gasteiger charge is -2.18. The monoisotopic (exact) mass is 447 g/mol. The summed E-state index contributed by atoms with van der Waals surface area (Å²) in [5, 5.41) is 13.2. The first kappa shape index (κ1) is 22.2. The second-order valence-corrected chi connectivity index (χ2v) is 7.84. The number of carbonyl (C=O) groups is 2. The Morgan fingerprint density at radius 2 is 2.13 bits per heavy atom. The Labute approximate surface area is 173 Å². The average molecular weight is 447 g/mol. The van der Waals surface area contributed by atoms with Crippen molar-refractivity contribution in [1.29, 1.82) is 0 Å². The van der Waals surface area contributed by atoms with Gasteiger partial charge in [-0.05, 0) is 12.1 Å². The standard InChI is InChI=1S/C16H19N3O3S.C2HF3O2/c20-16(18-6-11-2-1-4-21-11)13-10-22-14-8-19(7-12(13)14)9-15-17-3-5-23-15;3-2(4,5)1(6)7/h1-5,12-14H,6-10H2,(H,18,20);(H,6,7)/t12-,13+,14-;/m1./s1. The zero-order valence-corrected chi connectivity index (χ0v) is 16.5. The third-order valence-corrected chi connectivity index (χ3v) is 5.59. The molecule has 0 unspecified atom stereocenters. The summed E-state index contributed by atoms with van der Waals surface area (Å²) in [4.78, 5) is 28.0. The van der Waals surface area contributed by atoms with E-state index < -0.39 is 12.1 Å². The highest BCUT2D eigenvalue weighted by molar-refractivity contribution is 7.09. The van der Waals surface area contributed by atoms with Gasteiger partial charge in [-0.25, -0.2) is 9.78 Å². The van der Waals surface area contributed by atoms with Crippen LogP contribution in [0.5, 0.6) is 0 Å². The van der Waals surface area contributed by atoms with Gasteiger partial charge in [0.2, 0.25) is 5.91 Å². The molecule has 2 aliphatic rings. The van der Waals surface area contributed by atoms with E-state index in [1.807, 2.05) is 23.7 Å². The Morgan fingerprint density at radius 1 is 1.37 bits per heavy atom. The molecule has 12 heteroatoms. The van der Waals surface area contributed by atoms with Crippen LogP contribution in [0.2, 0.25) is 0 Å². The van der Waals surface area contributed by atoms with Crippen LogP contribution < -0.4 is 5.32 Å². The molecule has 2 aromatic heterocycles. The number of hydrogen-bond acceptors (Lipinski definition) is 7. The number of alkyl halides is 3. The molecule has 0 aliphatic carbocycles. The maximum atomic E-state index is 12.4. The molecule has 3 atom stereocenters. The van der Waals surface area contributed by atoms with Crippen molar-refractivity contribution in [3.05, 3.63) is 40.7 Å². The number of nitrogens with one attached hydrogen (secondary N) is 1. The zero-order valence-electron chi connectivity index (χ0n) is 15.7. The summed E-state index contributed by atoms with van der Waals surface area (Å²) >= 11 is 1.67. The molecule has 0 bridgehead atoms. The van der Waals surface area contributed by atoms with E-state index in [4.69, 9.17) is 19.1 Å². The average Bonchev–Trinajstić information content (AvgIpc) is 3.45. The van der Waals surface area contributed by atoms with Crippen LogP contribution in [0.3, 0.4) is 0 Å². The van der Waals surface area contributed by atoms with Crippen molar-refractivity contribution in [2.24, 2.45) is 11.8 Å². The van der Waals surface area contributed by atoms with Crippen molar-refractivity contribution in [1.82, 2.24) is 15.2 Å². The minimum atomic E-state index is -5.08. The van der Waals surface area contributed by atoms with Gasteiger partial charge in [0.15, 0.2) is 0 Å². The van der Waals surface area contributed by atoms with Crippen molar-refractivity contribution < 1.29 is 37.0 Å². The van der Waals surface area contributed by atoms with Crippen LogP contribution >= 0.6 is 11.3 Å². The number of halogens is 3. The van der Waals surface area contributed by atoms with Gasteiger partial charge >= 0.3 is 12.1 Å². The maximum Gasteiger partial charge on any atom is 0.490 e. The highest BCUT2D eigenvalue weighted by Gasteiger charge is 2.46. The second kappa shape index (κ2) is 9.58. The molecule has 30 heavy (non-hydrogen) atoms. The van der Waals surface area contributed by atoms with Crippen LogP contribution in [0, 0.1) is 11.8 Å². The molecule has 2 aliphatic heterocycles. The Hall–Kier alpha value is -2.44. The fourth-order valence-electron chi connectivity index (χ4n) is 3.43. The quantitative estimate of drug-likeness (QED) is 0.724. The number of carboxylic acids is 1. The number of thiazole rings is 1. The molecule has 1 amide bonds. The highest BCUT2D eigenvalue weighted by Crippen LogP contribution is 2.34. The van der Waals surface area contributed by atoms with Crippen LogP contribution in [0.1, 0.15) is 10.8 Å². The minimum Gasteiger partial charge on any atom is -0.475 e. The molecule has 0 aromatic carbocycles. The van der Waals surface area contributed by atoms with Crippen molar-refractivity contribution in [2.45, 2.75) is 25.4 Å². The van der Waals surface area contributed by atoms with Gasteiger partial charge in [-0.15, -0.1) is 11.3 Å². The largest absolute Gasteiger partial charge is 0.490 e. The summed E-state index contributed by atoms with van der Waals surface area (Å²) in [6.07, 6.45) is -1.48. The minimum absolute atomic E-state index is 0.0602. The molecule has 8 nitrogen and oxygen atoms in total. The molecule has 2 saturated heterocycles. The molecule has 4 rings (SSSR count). The lowest BCUT2D eigenvalue weighted by atomic mass is 9.92. The first-order valence-electron chi connectivity index (χ1n) is 9.06. The van der Waals surface area contributed by atoms with Crippen molar-refractivity contribution in [3.8, 4) is 0 Å². The van der Waals surface area contributed by atoms with Gasteiger partial charge in [0, 0.05) is 30.6 Å². The summed E-state index contributed by atoms with van der Waals surface area (Å²) < 4.78 is 42.8. The van der Waals surface area contributed by atoms with Crippen molar-refractivity contribution >= 4 is 23.2 Å². The highest BCUT2D eigenvalue weighted by atomic mass is 32.1. The van der Waals surface area contributed by atoms with Crippen LogP contribution in [0.4, 0.5) is 13.2 Å². The molecule has 0 radical (unpaired) electrons. The van der Waals surface area contributed by atoms with E-state index in [1.54, 1.807) is 17.6 Å². The zero-order chi connectivity index (χ0) is 21.7. The molecule has 0 saturated carbocycles. The van der Waals surface area contributed by atoms with Crippen molar-refractivity contribution in [2.75, 3.05) is 19.7 Å².